The van der Waals surface area contributed by atoms with Gasteiger partial charge in [0.25, 0.3) is 0 Å². The molecule has 1 aliphatic heterocycles. The van der Waals surface area contributed by atoms with Gasteiger partial charge >= 0.3 is 0 Å². The van der Waals surface area contributed by atoms with E-state index in [1.807, 2.05) is 0 Å². The predicted octanol–water partition coefficient (Wildman–Crippen LogP) is -1.54. The van der Waals surface area contributed by atoms with Crippen LogP contribution in [0.2, 0.25) is 0 Å². The quantitative estimate of drug-likeness (QED) is 0.477. The third kappa shape index (κ3) is 1.60. The van der Waals surface area contributed by atoms with Crippen molar-refractivity contribution in [3.63, 3.8) is 0 Å². The van der Waals surface area contributed by atoms with Crippen LogP contribution in [0.15, 0.2) is 0 Å². The first kappa shape index (κ1) is 9.88. The number of hydrogen-bond donors (Lipinski definition) is 3. The Morgan fingerprint density at radius 1 is 1.33 bits per heavy atom. The van der Waals surface area contributed by atoms with Crippen LogP contribution < -0.4 is 0 Å². The minimum absolute atomic E-state index is 0.773. The molecule has 12 heavy (non-hydrogen) atoms. The maximum atomic E-state index is 9.31. The summed E-state index contributed by atoms with van der Waals surface area (Å²) in [5.74, 6) is 0. The topological polar surface area (TPSA) is 79.2 Å². The van der Waals surface area contributed by atoms with E-state index in [0.29, 0.717) is 0 Å². The van der Waals surface area contributed by atoms with Crippen LogP contribution in [0.25, 0.3) is 0 Å². The second-order valence-corrected chi connectivity index (χ2v) is 2.93. The van der Waals surface area contributed by atoms with E-state index < -0.39 is 30.7 Å². The van der Waals surface area contributed by atoms with Crippen LogP contribution in [0.1, 0.15) is 6.92 Å². The molecule has 1 fully saturated rings. The molecule has 5 atom stereocenters. The maximum Gasteiger partial charge on any atom is 0.186 e. The minimum atomic E-state index is -1.09. The fraction of sp³-hybridized carbons (Fsp3) is 1.00. The third-order valence-electron chi connectivity index (χ3n) is 1.96. The Labute approximate surface area is 70.5 Å². The lowest BCUT2D eigenvalue weighted by atomic mass is 10.1. The van der Waals surface area contributed by atoms with Crippen LogP contribution in [0.3, 0.4) is 0 Å². The van der Waals surface area contributed by atoms with Crippen LogP contribution in [-0.4, -0.2) is 53.1 Å². The Morgan fingerprint density at radius 2 is 1.92 bits per heavy atom. The highest BCUT2D eigenvalue weighted by Crippen LogP contribution is 2.23. The number of ether oxygens (including phenoxy) is 2. The summed E-state index contributed by atoms with van der Waals surface area (Å²) < 4.78 is 9.76. The van der Waals surface area contributed by atoms with E-state index in [1.54, 1.807) is 0 Å². The highest BCUT2D eigenvalue weighted by Gasteiger charge is 2.44. The fourth-order valence-electron chi connectivity index (χ4n) is 1.27. The average Bonchev–Trinajstić information content (AvgIpc) is 2.30. The first-order valence-corrected chi connectivity index (χ1v) is 3.80. The van der Waals surface area contributed by atoms with Crippen LogP contribution in [-0.2, 0) is 9.47 Å². The molecule has 1 heterocycles. The molecular weight excluding hydrogens is 164 g/mol. The lowest BCUT2D eigenvalue weighted by Gasteiger charge is -2.16. The molecule has 0 radical (unpaired) electrons. The van der Waals surface area contributed by atoms with Crippen molar-refractivity contribution >= 4 is 0 Å². The average molecular weight is 178 g/mol. The van der Waals surface area contributed by atoms with Gasteiger partial charge in [0, 0.05) is 7.11 Å². The van der Waals surface area contributed by atoms with E-state index >= 15 is 0 Å². The van der Waals surface area contributed by atoms with Crippen LogP contribution in [0.4, 0.5) is 0 Å². The molecular formula is C7H14O5. The first-order valence-electron chi connectivity index (χ1n) is 3.80. The zero-order valence-electron chi connectivity index (χ0n) is 7.04. The van der Waals surface area contributed by atoms with E-state index in [1.165, 1.54) is 14.0 Å². The van der Waals surface area contributed by atoms with E-state index in [2.05, 4.69) is 0 Å². The summed E-state index contributed by atoms with van der Waals surface area (Å²) in [4.78, 5) is 0. The van der Waals surface area contributed by atoms with Gasteiger partial charge in [-0.3, -0.25) is 0 Å². The molecule has 0 aromatic carbocycles. The molecule has 0 aliphatic carbocycles. The molecule has 72 valence electrons. The van der Waals surface area contributed by atoms with Crippen molar-refractivity contribution in [3.05, 3.63) is 0 Å². The van der Waals surface area contributed by atoms with Gasteiger partial charge in [-0.05, 0) is 6.92 Å². The van der Waals surface area contributed by atoms with Gasteiger partial charge in [-0.25, -0.2) is 0 Å². The highest BCUT2D eigenvalue weighted by molar-refractivity contribution is 4.89. The third-order valence-corrected chi connectivity index (χ3v) is 1.96. The summed E-state index contributed by atoms with van der Waals surface area (Å²) in [6, 6.07) is 0. The van der Waals surface area contributed by atoms with E-state index in [4.69, 9.17) is 14.6 Å². The molecule has 0 spiro atoms. The normalized spacial score (nSPS) is 44.8. The molecule has 1 aliphatic rings. The van der Waals surface area contributed by atoms with Gasteiger partial charge in [-0.1, -0.05) is 0 Å². The van der Waals surface area contributed by atoms with Crippen molar-refractivity contribution in [2.45, 2.75) is 37.6 Å². The SMILES string of the molecule is CO[C@@H]1O[C@@H]([C@H](C)O)[C@@H](O)[C@H]1O. The van der Waals surface area contributed by atoms with Crippen LogP contribution in [0.5, 0.6) is 0 Å². The van der Waals surface area contributed by atoms with Gasteiger partial charge in [-0.15, -0.1) is 0 Å². The number of methoxy groups -OCH3 is 1. The summed E-state index contributed by atoms with van der Waals surface area (Å²) in [7, 11) is 1.37. The van der Waals surface area contributed by atoms with Crippen molar-refractivity contribution in [2.75, 3.05) is 7.11 Å². The standard InChI is InChI=1S/C7H14O5/c1-3(8)6-4(9)5(10)7(11-2)12-6/h3-10H,1-2H3/t3-,4-,5+,6-,7+/m0/s1. The predicted molar refractivity (Wildman–Crippen MR) is 39.4 cm³/mol. The molecule has 0 aromatic heterocycles. The fourth-order valence-corrected chi connectivity index (χ4v) is 1.27. The Morgan fingerprint density at radius 3 is 2.17 bits per heavy atom. The number of aliphatic hydroxyl groups is 3. The molecule has 1 saturated heterocycles. The smallest absolute Gasteiger partial charge is 0.186 e. The summed E-state index contributed by atoms with van der Waals surface area (Å²) in [5.41, 5.74) is 0. The summed E-state index contributed by atoms with van der Waals surface area (Å²) >= 11 is 0. The van der Waals surface area contributed by atoms with Crippen molar-refractivity contribution in [1.82, 2.24) is 0 Å². The zero-order valence-corrected chi connectivity index (χ0v) is 7.04. The van der Waals surface area contributed by atoms with Crippen molar-refractivity contribution in [2.24, 2.45) is 0 Å². The van der Waals surface area contributed by atoms with Gasteiger partial charge in [0.1, 0.15) is 18.3 Å². The van der Waals surface area contributed by atoms with Crippen molar-refractivity contribution in [3.8, 4) is 0 Å². The van der Waals surface area contributed by atoms with Crippen LogP contribution in [0, 0.1) is 0 Å². The molecule has 0 aromatic rings. The lowest BCUT2D eigenvalue weighted by Crippen LogP contribution is -2.37. The van der Waals surface area contributed by atoms with E-state index in [9.17, 15) is 10.2 Å². The van der Waals surface area contributed by atoms with E-state index in [0.717, 1.165) is 0 Å². The molecule has 0 amide bonds. The Bertz CT molecular complexity index is 149. The summed E-state index contributed by atoms with van der Waals surface area (Å²) in [6.07, 6.45) is -4.62. The molecule has 0 saturated carbocycles. The largest absolute Gasteiger partial charge is 0.391 e. The molecule has 1 rings (SSSR count). The molecule has 5 heteroatoms. The minimum Gasteiger partial charge on any atom is -0.391 e. The van der Waals surface area contributed by atoms with Crippen molar-refractivity contribution in [1.29, 1.82) is 0 Å². The second-order valence-electron chi connectivity index (χ2n) is 2.93. The maximum absolute atomic E-state index is 9.31. The molecule has 3 N–H and O–H groups in total. The molecule has 5 nitrogen and oxygen atoms in total. The zero-order chi connectivity index (χ0) is 9.30. The number of hydrogen-bond acceptors (Lipinski definition) is 5. The summed E-state index contributed by atoms with van der Waals surface area (Å²) in [5, 5.41) is 27.7. The van der Waals surface area contributed by atoms with Gasteiger partial charge in [0.2, 0.25) is 0 Å². The highest BCUT2D eigenvalue weighted by atomic mass is 16.7. The monoisotopic (exact) mass is 178 g/mol. The lowest BCUT2D eigenvalue weighted by molar-refractivity contribution is -0.161. The summed E-state index contributed by atoms with van der Waals surface area (Å²) in [6.45, 7) is 1.48. The first-order chi connectivity index (χ1) is 5.57. The van der Waals surface area contributed by atoms with E-state index in [-0.39, 0.29) is 0 Å². The Kier molecular flexibility index (Phi) is 3.03. The molecule has 0 unspecified atom stereocenters. The van der Waals surface area contributed by atoms with Crippen LogP contribution >= 0.6 is 0 Å². The number of aliphatic hydroxyl groups excluding tert-OH is 3. The Hall–Kier alpha value is -0.200. The number of rotatable bonds is 2. The van der Waals surface area contributed by atoms with Gasteiger partial charge in [0.15, 0.2) is 6.29 Å². The Balaban J connectivity index is 2.60. The molecule has 0 bridgehead atoms. The van der Waals surface area contributed by atoms with Gasteiger partial charge in [0.05, 0.1) is 6.10 Å². The van der Waals surface area contributed by atoms with Gasteiger partial charge < -0.3 is 24.8 Å². The van der Waals surface area contributed by atoms with Gasteiger partial charge in [-0.2, -0.15) is 0 Å². The second kappa shape index (κ2) is 3.68. The van der Waals surface area contributed by atoms with Crippen molar-refractivity contribution < 1.29 is 24.8 Å².